The second kappa shape index (κ2) is 10.9. The second-order valence-corrected chi connectivity index (χ2v) is 8.87. The molecule has 0 N–H and O–H groups in total. The number of carbonyl (C=O) groups excluding carboxylic acids is 1. The number of aryl methyl sites for hydroxylation is 1. The van der Waals surface area contributed by atoms with Gasteiger partial charge in [-0.05, 0) is 43.0 Å². The van der Waals surface area contributed by atoms with Crippen molar-refractivity contribution in [3.63, 3.8) is 0 Å². The van der Waals surface area contributed by atoms with Crippen LogP contribution in [0, 0.1) is 0 Å². The molecule has 0 saturated carbocycles. The van der Waals surface area contributed by atoms with E-state index in [2.05, 4.69) is 6.58 Å². The Balaban J connectivity index is 1.93. The fourth-order valence-corrected chi connectivity index (χ4v) is 4.42. The molecule has 0 saturated heterocycles. The fraction of sp³-hybridized carbons (Fsp3) is 0.360. The van der Waals surface area contributed by atoms with E-state index in [4.69, 9.17) is 9.15 Å². The number of esters is 1. The minimum atomic E-state index is -4.60. The normalized spacial score (nSPS) is 15.2. The van der Waals surface area contributed by atoms with Crippen LogP contribution in [0.25, 0.3) is 23.3 Å². The molecular weight excluding hydrogens is 453 g/mol. The van der Waals surface area contributed by atoms with Crippen molar-refractivity contribution in [3.8, 4) is 11.1 Å². The van der Waals surface area contributed by atoms with E-state index in [1.54, 1.807) is 18.2 Å². The van der Waals surface area contributed by atoms with Crippen LogP contribution in [0.15, 0.2) is 46.1 Å². The van der Waals surface area contributed by atoms with Crippen LogP contribution in [0.2, 0.25) is 0 Å². The van der Waals surface area contributed by atoms with Crippen molar-refractivity contribution in [3.05, 3.63) is 69.1 Å². The highest BCUT2D eigenvalue weighted by Gasteiger charge is 2.34. The molecule has 33 heavy (non-hydrogen) atoms. The lowest BCUT2D eigenvalue weighted by Gasteiger charge is -2.15. The molecule has 1 aromatic carbocycles. The largest absolute Gasteiger partial charge is 0.451 e. The van der Waals surface area contributed by atoms with E-state index in [1.807, 2.05) is 6.92 Å². The number of fused-ring (bicyclic) bond motifs is 1. The van der Waals surface area contributed by atoms with E-state index in [9.17, 15) is 22.8 Å². The maximum absolute atomic E-state index is 13.8. The molecule has 3 rings (SSSR count). The van der Waals surface area contributed by atoms with Gasteiger partial charge < -0.3 is 9.15 Å². The molecule has 1 unspecified atom stereocenters. The summed E-state index contributed by atoms with van der Waals surface area (Å²) >= 11 is 1.34. The van der Waals surface area contributed by atoms with Crippen LogP contribution in [0.4, 0.5) is 13.2 Å². The quantitative estimate of drug-likeness (QED) is 0.224. The number of halogens is 3. The summed E-state index contributed by atoms with van der Waals surface area (Å²) in [4.78, 5) is 23.8. The number of rotatable bonds is 9. The molecule has 4 nitrogen and oxygen atoms in total. The molecule has 8 heteroatoms. The Morgan fingerprint density at radius 1 is 1.27 bits per heavy atom. The summed E-state index contributed by atoms with van der Waals surface area (Å²) in [7, 11) is 0. The highest BCUT2D eigenvalue weighted by atomic mass is 32.2. The summed E-state index contributed by atoms with van der Waals surface area (Å²) in [6.07, 6.45) is 3.84. The van der Waals surface area contributed by atoms with Gasteiger partial charge in [-0.25, -0.2) is 9.59 Å². The fourth-order valence-electron chi connectivity index (χ4n) is 3.61. The third-order valence-corrected chi connectivity index (χ3v) is 6.32. The molecule has 1 aromatic heterocycles. The minimum absolute atomic E-state index is 0.0998. The van der Waals surface area contributed by atoms with Gasteiger partial charge in [-0.2, -0.15) is 13.2 Å². The first-order chi connectivity index (χ1) is 15.7. The highest BCUT2D eigenvalue weighted by molar-refractivity contribution is 8.00. The maximum atomic E-state index is 13.8. The van der Waals surface area contributed by atoms with Crippen molar-refractivity contribution in [1.29, 1.82) is 0 Å². The van der Waals surface area contributed by atoms with Gasteiger partial charge in [0.2, 0.25) is 0 Å². The van der Waals surface area contributed by atoms with Gasteiger partial charge in [-0.15, -0.1) is 11.8 Å². The minimum Gasteiger partial charge on any atom is -0.451 e. The zero-order valence-corrected chi connectivity index (χ0v) is 19.1. The number of ether oxygens (including phenoxy) is 1. The molecule has 0 amide bonds. The first-order valence-electron chi connectivity index (χ1n) is 10.7. The number of thioether (sulfide) groups is 1. The zero-order chi connectivity index (χ0) is 24.0. The van der Waals surface area contributed by atoms with Crippen LogP contribution in [-0.4, -0.2) is 17.2 Å². The number of unbranched alkanes of at least 4 members (excludes halogenated alkanes) is 2. The van der Waals surface area contributed by atoms with Crippen LogP contribution in [0.5, 0.6) is 0 Å². The van der Waals surface area contributed by atoms with E-state index in [0.29, 0.717) is 29.0 Å². The third-order valence-electron chi connectivity index (χ3n) is 5.31. The Morgan fingerprint density at radius 2 is 2.06 bits per heavy atom. The monoisotopic (exact) mass is 478 g/mol. The maximum Gasteiger partial charge on any atom is 0.417 e. The second-order valence-electron chi connectivity index (χ2n) is 7.70. The molecule has 0 spiro atoms. The molecule has 0 bridgehead atoms. The summed E-state index contributed by atoms with van der Waals surface area (Å²) in [6.45, 7) is 5.36. The number of alkyl halides is 3. The first-order valence-corrected chi connectivity index (χ1v) is 11.7. The van der Waals surface area contributed by atoms with Crippen LogP contribution < -0.4 is 16.3 Å². The van der Waals surface area contributed by atoms with Gasteiger partial charge in [0.25, 0.3) is 0 Å². The van der Waals surface area contributed by atoms with E-state index in [0.717, 1.165) is 31.4 Å². The Morgan fingerprint density at radius 3 is 2.76 bits per heavy atom. The average molecular weight is 479 g/mol. The van der Waals surface area contributed by atoms with Crippen LogP contribution in [0.1, 0.15) is 43.7 Å². The SMILES string of the molecule is C=CC(=O)OCSC1C=c2oc(=O)c(-c3ccc(CCCCC)cc3C(F)(F)F)cc2=CC1. The lowest BCUT2D eigenvalue weighted by atomic mass is 9.95. The molecule has 2 aromatic rings. The van der Waals surface area contributed by atoms with E-state index >= 15 is 0 Å². The van der Waals surface area contributed by atoms with Crippen molar-refractivity contribution in [2.75, 3.05) is 5.94 Å². The van der Waals surface area contributed by atoms with Crippen LogP contribution >= 0.6 is 11.8 Å². The molecule has 1 aliphatic carbocycles. The Kier molecular flexibility index (Phi) is 8.24. The highest BCUT2D eigenvalue weighted by Crippen LogP contribution is 2.37. The summed E-state index contributed by atoms with van der Waals surface area (Å²) in [5.74, 6) is -0.424. The van der Waals surface area contributed by atoms with E-state index in [1.165, 1.54) is 23.9 Å². The Bertz CT molecular complexity index is 1200. The number of carbonyl (C=O) groups is 1. The number of hydrogen-bond donors (Lipinski definition) is 0. The molecular formula is C25H25F3O4S. The predicted molar refractivity (Wildman–Crippen MR) is 124 cm³/mol. The van der Waals surface area contributed by atoms with Gasteiger partial charge in [0.05, 0.1) is 11.1 Å². The molecule has 0 fully saturated rings. The Hall–Kier alpha value is -2.74. The van der Waals surface area contributed by atoms with Crippen LogP contribution in [-0.2, 0) is 22.1 Å². The van der Waals surface area contributed by atoms with Crippen molar-refractivity contribution < 1.29 is 27.1 Å². The zero-order valence-electron chi connectivity index (χ0n) is 18.2. The topological polar surface area (TPSA) is 56.5 Å². The van der Waals surface area contributed by atoms with Gasteiger partial charge in [0.15, 0.2) is 0 Å². The standard InChI is InChI=1S/C25H25F3O4S/c1-3-5-6-7-16-8-11-19(21(12-16)25(26,27)28)20-13-17-9-10-18(14-22(17)32-24(20)30)33-15-31-23(29)4-2/h4,8-9,11-14,18H,2-3,5-7,10,15H2,1H3. The molecule has 0 aliphatic heterocycles. The summed E-state index contributed by atoms with van der Waals surface area (Å²) in [5, 5.41) is 0.460. The van der Waals surface area contributed by atoms with E-state index in [-0.39, 0.29) is 22.3 Å². The lowest BCUT2D eigenvalue weighted by molar-refractivity contribution is -0.137. The smallest absolute Gasteiger partial charge is 0.417 e. The van der Waals surface area contributed by atoms with Crippen LogP contribution in [0.3, 0.4) is 0 Å². The van der Waals surface area contributed by atoms with Crippen molar-refractivity contribution in [1.82, 2.24) is 0 Å². The summed E-state index contributed by atoms with van der Waals surface area (Å²) in [6, 6.07) is 5.60. The summed E-state index contributed by atoms with van der Waals surface area (Å²) in [5.41, 5.74) is -1.06. The molecule has 176 valence electrons. The van der Waals surface area contributed by atoms with Crippen molar-refractivity contribution >= 4 is 29.9 Å². The number of benzene rings is 1. The summed E-state index contributed by atoms with van der Waals surface area (Å²) < 4.78 is 51.8. The van der Waals surface area contributed by atoms with Gasteiger partial charge >= 0.3 is 17.8 Å². The van der Waals surface area contributed by atoms with Gasteiger partial charge in [0.1, 0.15) is 11.4 Å². The molecule has 1 aliphatic rings. The lowest BCUT2D eigenvalue weighted by Crippen LogP contribution is -2.34. The molecule has 0 radical (unpaired) electrons. The predicted octanol–water partition coefficient (Wildman–Crippen LogP) is 4.81. The van der Waals surface area contributed by atoms with Crippen molar-refractivity contribution in [2.24, 2.45) is 0 Å². The Labute approximate surface area is 193 Å². The molecule has 1 heterocycles. The number of hydrogen-bond acceptors (Lipinski definition) is 5. The average Bonchev–Trinajstić information content (AvgIpc) is 2.78. The van der Waals surface area contributed by atoms with E-state index < -0.39 is 23.3 Å². The van der Waals surface area contributed by atoms with Gasteiger partial charge in [0, 0.05) is 22.1 Å². The van der Waals surface area contributed by atoms with Gasteiger partial charge in [-0.3, -0.25) is 0 Å². The third kappa shape index (κ3) is 6.41. The van der Waals surface area contributed by atoms with Gasteiger partial charge in [-0.1, -0.05) is 44.6 Å². The first kappa shape index (κ1) is 24.9. The van der Waals surface area contributed by atoms with Crippen molar-refractivity contribution in [2.45, 2.75) is 50.5 Å². The molecule has 1 atom stereocenters.